The van der Waals surface area contributed by atoms with E-state index in [0.29, 0.717) is 0 Å². The number of aryl methyl sites for hydroxylation is 6. The van der Waals surface area contributed by atoms with E-state index in [1.807, 2.05) is 0 Å². The van der Waals surface area contributed by atoms with Crippen LogP contribution in [0.15, 0.2) is 120 Å². The Morgan fingerprint density at radius 3 is 1.62 bits per heavy atom. The van der Waals surface area contributed by atoms with Gasteiger partial charge in [-0.25, -0.2) is 4.99 Å². The van der Waals surface area contributed by atoms with Crippen molar-refractivity contribution in [1.29, 1.82) is 0 Å². The first-order valence-electron chi connectivity index (χ1n) is 13.5. The van der Waals surface area contributed by atoms with Crippen LogP contribution in [0.1, 0.15) is 44.5 Å². The molecule has 0 heterocycles. The van der Waals surface area contributed by atoms with Crippen LogP contribution in [0.2, 0.25) is 0 Å². The molecule has 2 nitrogen and oxygen atoms in total. The van der Waals surface area contributed by atoms with E-state index in [9.17, 15) is 0 Å². The first kappa shape index (κ1) is 27.6. The van der Waals surface area contributed by atoms with E-state index in [-0.39, 0.29) is 0 Å². The van der Waals surface area contributed by atoms with Gasteiger partial charge in [0.25, 0.3) is 0 Å². The van der Waals surface area contributed by atoms with E-state index < -0.39 is 0 Å². The molecule has 0 saturated carbocycles. The molecule has 0 aromatic heterocycles. The zero-order chi connectivity index (χ0) is 27.8. The van der Waals surface area contributed by atoms with E-state index in [1.54, 1.807) is 0 Å². The minimum atomic E-state index is 0.931. The Hall–Kier alpha value is -4.43. The summed E-state index contributed by atoms with van der Waals surface area (Å²) in [5.41, 5.74) is 13.7. The van der Waals surface area contributed by atoms with Crippen LogP contribution in [0.25, 0.3) is 5.70 Å². The van der Waals surface area contributed by atoms with Crippen LogP contribution in [0.4, 0.5) is 11.4 Å². The van der Waals surface area contributed by atoms with E-state index in [4.69, 9.17) is 4.99 Å². The average Bonchev–Trinajstić information content (AvgIpc) is 2.87. The second kappa shape index (κ2) is 12.9. The Balaban J connectivity index is 1.63. The van der Waals surface area contributed by atoms with Crippen molar-refractivity contribution in [2.75, 3.05) is 5.32 Å². The smallest absolute Gasteiger partial charge is 0.0709 e. The van der Waals surface area contributed by atoms with Gasteiger partial charge in [-0.05, 0) is 106 Å². The number of hydrogen-bond donors (Lipinski definition) is 1. The maximum Gasteiger partial charge on any atom is 0.0709 e. The van der Waals surface area contributed by atoms with Crippen LogP contribution in [0, 0.1) is 41.5 Å². The van der Waals surface area contributed by atoms with E-state index in [0.717, 1.165) is 33.9 Å². The molecule has 4 aromatic rings. The van der Waals surface area contributed by atoms with Crippen molar-refractivity contribution in [3.05, 3.63) is 160 Å². The van der Waals surface area contributed by atoms with Gasteiger partial charge >= 0.3 is 0 Å². The monoisotopic (exact) mass is 510 g/mol. The Labute approximate surface area is 234 Å². The Kier molecular flexibility index (Phi) is 9.12. The van der Waals surface area contributed by atoms with Crippen LogP contribution in [0.5, 0.6) is 0 Å². The van der Waals surface area contributed by atoms with Gasteiger partial charge in [0.15, 0.2) is 0 Å². The van der Waals surface area contributed by atoms with Crippen LogP contribution in [-0.4, -0.2) is 5.71 Å². The Morgan fingerprint density at radius 1 is 0.538 bits per heavy atom. The number of rotatable bonds is 8. The zero-order valence-corrected chi connectivity index (χ0v) is 23.9. The number of aliphatic imine (C=N–C) groups is 1. The predicted octanol–water partition coefficient (Wildman–Crippen LogP) is 9.92. The maximum absolute atomic E-state index is 5.01. The summed E-state index contributed by atoms with van der Waals surface area (Å²) >= 11 is 0. The van der Waals surface area contributed by atoms with Gasteiger partial charge in [0.1, 0.15) is 0 Å². The highest BCUT2D eigenvalue weighted by atomic mass is 14.9. The van der Waals surface area contributed by atoms with Gasteiger partial charge in [0, 0.05) is 16.9 Å². The summed E-state index contributed by atoms with van der Waals surface area (Å²) < 4.78 is 0. The fourth-order valence-corrected chi connectivity index (χ4v) is 4.58. The van der Waals surface area contributed by atoms with Crippen molar-refractivity contribution < 1.29 is 0 Å². The molecule has 0 saturated heterocycles. The lowest BCUT2D eigenvalue weighted by atomic mass is 10.1. The standard InChI is InChI=1S/C37H38N2/c1-26-12-16-32(17-13-26)36(38-34-22-28(3)20-29(4)23-34)10-8-7-9-11-37(33-18-14-27(2)15-19-33)39-35-24-30(5)21-31(6)25-35/h7-25,38H,1-6H3/b8-7+,11-9+,36-10-,39-37?. The van der Waals surface area contributed by atoms with Crippen molar-refractivity contribution in [2.45, 2.75) is 41.5 Å². The fraction of sp³-hybridized carbons (Fsp3) is 0.162. The molecule has 0 unspecified atom stereocenters. The minimum Gasteiger partial charge on any atom is -0.355 e. The molecular formula is C37H38N2. The van der Waals surface area contributed by atoms with Gasteiger partial charge in [0.05, 0.1) is 11.4 Å². The first-order chi connectivity index (χ1) is 18.7. The minimum absolute atomic E-state index is 0.931. The Morgan fingerprint density at radius 2 is 1.05 bits per heavy atom. The molecule has 0 radical (unpaired) electrons. The van der Waals surface area contributed by atoms with E-state index in [1.165, 1.54) is 33.4 Å². The van der Waals surface area contributed by atoms with Crippen molar-refractivity contribution >= 4 is 22.8 Å². The van der Waals surface area contributed by atoms with Crippen LogP contribution in [0.3, 0.4) is 0 Å². The van der Waals surface area contributed by atoms with Crippen molar-refractivity contribution in [2.24, 2.45) is 4.99 Å². The van der Waals surface area contributed by atoms with Crippen LogP contribution in [-0.2, 0) is 0 Å². The molecule has 0 aliphatic carbocycles. The summed E-state index contributed by atoms with van der Waals surface area (Å²) in [6.45, 7) is 12.7. The lowest BCUT2D eigenvalue weighted by Gasteiger charge is -2.13. The molecule has 196 valence electrons. The van der Waals surface area contributed by atoms with Gasteiger partial charge in [-0.15, -0.1) is 0 Å². The SMILES string of the molecule is Cc1ccc(C(/C=C/C=C/C=C(\Nc2cc(C)cc(C)c2)c2ccc(C)cc2)=Nc2cc(C)cc(C)c2)cc1. The van der Waals surface area contributed by atoms with E-state index >= 15 is 0 Å². The molecule has 4 rings (SSSR count). The summed E-state index contributed by atoms with van der Waals surface area (Å²) in [6.07, 6.45) is 10.4. The number of nitrogens with one attached hydrogen (secondary N) is 1. The third-order valence-electron chi connectivity index (χ3n) is 6.41. The molecule has 39 heavy (non-hydrogen) atoms. The highest BCUT2D eigenvalue weighted by Crippen LogP contribution is 2.22. The maximum atomic E-state index is 5.01. The summed E-state index contributed by atoms with van der Waals surface area (Å²) in [5, 5.41) is 3.63. The lowest BCUT2D eigenvalue weighted by Crippen LogP contribution is -1.99. The molecule has 2 heteroatoms. The molecule has 1 N–H and O–H groups in total. The van der Waals surface area contributed by atoms with Crippen LogP contribution < -0.4 is 5.32 Å². The summed E-state index contributed by atoms with van der Waals surface area (Å²) in [5.74, 6) is 0. The highest BCUT2D eigenvalue weighted by Gasteiger charge is 2.04. The summed E-state index contributed by atoms with van der Waals surface area (Å²) in [7, 11) is 0. The van der Waals surface area contributed by atoms with Gasteiger partial charge in [-0.2, -0.15) is 0 Å². The molecule has 0 aliphatic heterocycles. The number of hydrogen-bond acceptors (Lipinski definition) is 2. The third kappa shape index (κ3) is 8.28. The van der Waals surface area contributed by atoms with Gasteiger partial charge in [0.2, 0.25) is 0 Å². The Bertz CT molecular complexity index is 1510. The number of nitrogens with zero attached hydrogens (tertiary/aromatic N) is 1. The predicted molar refractivity (Wildman–Crippen MR) is 170 cm³/mol. The quantitative estimate of drug-likeness (QED) is 0.185. The summed E-state index contributed by atoms with van der Waals surface area (Å²) in [6, 6.07) is 30.1. The van der Waals surface area contributed by atoms with Crippen molar-refractivity contribution in [3.63, 3.8) is 0 Å². The highest BCUT2D eigenvalue weighted by molar-refractivity contribution is 6.10. The first-order valence-corrected chi connectivity index (χ1v) is 13.5. The molecule has 4 aromatic carbocycles. The normalized spacial score (nSPS) is 12.5. The molecule has 0 spiro atoms. The van der Waals surface area contributed by atoms with Gasteiger partial charge < -0.3 is 5.32 Å². The number of allylic oxidation sites excluding steroid dienone is 5. The fourth-order valence-electron chi connectivity index (χ4n) is 4.58. The molecule has 0 amide bonds. The molecule has 0 fully saturated rings. The van der Waals surface area contributed by atoms with E-state index in [2.05, 4.69) is 162 Å². The van der Waals surface area contributed by atoms with Crippen molar-refractivity contribution in [1.82, 2.24) is 0 Å². The molecule has 0 bridgehead atoms. The van der Waals surface area contributed by atoms with Gasteiger partial charge in [-0.3, -0.25) is 0 Å². The number of anilines is 1. The molecule has 0 atom stereocenters. The largest absolute Gasteiger partial charge is 0.355 e. The topological polar surface area (TPSA) is 24.4 Å². The van der Waals surface area contributed by atoms with Crippen molar-refractivity contribution in [3.8, 4) is 0 Å². The second-order valence-electron chi connectivity index (χ2n) is 10.4. The lowest BCUT2D eigenvalue weighted by molar-refractivity contribution is 1.35. The van der Waals surface area contributed by atoms with Crippen LogP contribution >= 0.6 is 0 Å². The number of benzene rings is 4. The van der Waals surface area contributed by atoms with Gasteiger partial charge in [-0.1, -0.05) is 90.0 Å². The zero-order valence-electron chi connectivity index (χ0n) is 23.9. The summed E-state index contributed by atoms with van der Waals surface area (Å²) in [4.78, 5) is 5.01. The average molecular weight is 511 g/mol. The molecule has 0 aliphatic rings. The third-order valence-corrected chi connectivity index (χ3v) is 6.41. The molecular weight excluding hydrogens is 472 g/mol. The second-order valence-corrected chi connectivity index (χ2v) is 10.4.